The van der Waals surface area contributed by atoms with E-state index in [0.29, 0.717) is 11.3 Å². The highest BCUT2D eigenvalue weighted by Gasteiger charge is 2.13. The van der Waals surface area contributed by atoms with Crippen LogP contribution in [0.1, 0.15) is 39.3 Å². The maximum atomic E-state index is 11.9. The number of hydrogen-bond donors (Lipinski definition) is 1. The summed E-state index contributed by atoms with van der Waals surface area (Å²) >= 11 is 0. The third-order valence-electron chi connectivity index (χ3n) is 3.19. The van der Waals surface area contributed by atoms with Crippen LogP contribution in [0.15, 0.2) is 42.6 Å². The average molecular weight is 299 g/mol. The van der Waals surface area contributed by atoms with Crippen LogP contribution in [-0.2, 0) is 9.53 Å². The summed E-state index contributed by atoms with van der Waals surface area (Å²) in [6, 6.07) is 10.5. The second kappa shape index (κ2) is 7.36. The summed E-state index contributed by atoms with van der Waals surface area (Å²) in [4.78, 5) is 37.8. The average Bonchev–Trinajstić information content (AvgIpc) is 3.05. The second-order valence-corrected chi connectivity index (χ2v) is 4.96. The van der Waals surface area contributed by atoms with Crippen LogP contribution < -0.4 is 0 Å². The Morgan fingerprint density at radius 1 is 1.00 bits per heavy atom. The van der Waals surface area contributed by atoms with E-state index in [9.17, 15) is 14.4 Å². The fourth-order valence-corrected chi connectivity index (χ4v) is 1.90. The van der Waals surface area contributed by atoms with Crippen molar-refractivity contribution in [1.29, 1.82) is 0 Å². The molecule has 1 aromatic carbocycles. The van der Waals surface area contributed by atoms with Gasteiger partial charge in [0.25, 0.3) is 0 Å². The number of aryl methyl sites for hydroxylation is 1. The number of aromatic nitrogens is 1. The number of H-pyrrole nitrogens is 1. The van der Waals surface area contributed by atoms with Crippen LogP contribution in [0.4, 0.5) is 0 Å². The van der Waals surface area contributed by atoms with Gasteiger partial charge in [-0.2, -0.15) is 0 Å². The van der Waals surface area contributed by atoms with Crippen LogP contribution >= 0.6 is 0 Å². The van der Waals surface area contributed by atoms with E-state index < -0.39 is 5.97 Å². The van der Waals surface area contributed by atoms with Gasteiger partial charge in [-0.15, -0.1) is 0 Å². The molecule has 0 saturated heterocycles. The molecule has 5 nitrogen and oxygen atoms in total. The fraction of sp³-hybridized carbons (Fsp3) is 0.235. The van der Waals surface area contributed by atoms with E-state index in [1.54, 1.807) is 30.5 Å². The number of ketones is 2. The number of rotatable bonds is 7. The summed E-state index contributed by atoms with van der Waals surface area (Å²) in [5.74, 6) is -0.976. The minimum absolute atomic E-state index is 0.0370. The molecular formula is C17H17NO4. The number of aromatic amines is 1. The van der Waals surface area contributed by atoms with E-state index in [-0.39, 0.29) is 31.0 Å². The summed E-state index contributed by atoms with van der Waals surface area (Å²) in [6.45, 7) is 1.62. The van der Waals surface area contributed by atoms with Gasteiger partial charge in [0.2, 0.25) is 5.78 Å². The Kier molecular flexibility index (Phi) is 5.25. The molecule has 0 aliphatic carbocycles. The Labute approximate surface area is 128 Å². The summed E-state index contributed by atoms with van der Waals surface area (Å²) in [5, 5.41) is 0. The highest BCUT2D eigenvalue weighted by Crippen LogP contribution is 2.08. The van der Waals surface area contributed by atoms with E-state index in [0.717, 1.165) is 5.56 Å². The first-order valence-corrected chi connectivity index (χ1v) is 6.98. The van der Waals surface area contributed by atoms with Gasteiger partial charge in [-0.25, -0.2) is 0 Å². The van der Waals surface area contributed by atoms with Crippen LogP contribution in [0.5, 0.6) is 0 Å². The van der Waals surface area contributed by atoms with Crippen LogP contribution in [0.2, 0.25) is 0 Å². The third-order valence-corrected chi connectivity index (χ3v) is 3.19. The number of ether oxygens (including phenoxy) is 1. The van der Waals surface area contributed by atoms with Crippen molar-refractivity contribution in [1.82, 2.24) is 4.98 Å². The minimum atomic E-state index is -0.555. The van der Waals surface area contributed by atoms with Crippen molar-refractivity contribution in [3.8, 4) is 0 Å². The van der Waals surface area contributed by atoms with Crippen molar-refractivity contribution in [3.05, 3.63) is 59.4 Å². The SMILES string of the molecule is Cc1ccc(C(=O)CCC(=O)OCC(=O)c2ccc[nH]2)cc1. The van der Waals surface area contributed by atoms with Gasteiger partial charge in [0.1, 0.15) is 0 Å². The van der Waals surface area contributed by atoms with E-state index >= 15 is 0 Å². The number of esters is 1. The van der Waals surface area contributed by atoms with Gasteiger partial charge < -0.3 is 9.72 Å². The first-order chi connectivity index (χ1) is 10.6. The van der Waals surface area contributed by atoms with Crippen molar-refractivity contribution in [2.75, 3.05) is 6.61 Å². The van der Waals surface area contributed by atoms with Crippen molar-refractivity contribution in [2.45, 2.75) is 19.8 Å². The van der Waals surface area contributed by atoms with Crippen LogP contribution in [0, 0.1) is 6.92 Å². The zero-order valence-corrected chi connectivity index (χ0v) is 12.3. The molecule has 2 rings (SSSR count). The monoisotopic (exact) mass is 299 g/mol. The van der Waals surface area contributed by atoms with Crippen LogP contribution in [0.3, 0.4) is 0 Å². The Hall–Kier alpha value is -2.69. The maximum Gasteiger partial charge on any atom is 0.306 e. The van der Waals surface area contributed by atoms with Gasteiger partial charge in [-0.05, 0) is 19.1 Å². The lowest BCUT2D eigenvalue weighted by Crippen LogP contribution is -2.15. The largest absolute Gasteiger partial charge is 0.457 e. The number of carbonyl (C=O) groups is 3. The third kappa shape index (κ3) is 4.41. The van der Waals surface area contributed by atoms with Crippen molar-refractivity contribution >= 4 is 17.5 Å². The first-order valence-electron chi connectivity index (χ1n) is 6.98. The molecule has 22 heavy (non-hydrogen) atoms. The van der Waals surface area contributed by atoms with Gasteiger partial charge in [-0.1, -0.05) is 29.8 Å². The molecule has 0 bridgehead atoms. The molecule has 0 atom stereocenters. The molecule has 2 aromatic rings. The molecule has 1 heterocycles. The van der Waals surface area contributed by atoms with Gasteiger partial charge in [0.15, 0.2) is 12.4 Å². The molecule has 1 N–H and O–H groups in total. The molecule has 0 unspecified atom stereocenters. The molecule has 0 spiro atoms. The number of Topliss-reactive ketones (excluding diaryl/α,β-unsaturated/α-hetero) is 2. The maximum absolute atomic E-state index is 11.9. The Morgan fingerprint density at radius 2 is 1.73 bits per heavy atom. The number of benzene rings is 1. The molecular weight excluding hydrogens is 282 g/mol. The fourth-order valence-electron chi connectivity index (χ4n) is 1.90. The topological polar surface area (TPSA) is 76.2 Å². The zero-order valence-electron chi connectivity index (χ0n) is 12.3. The van der Waals surface area contributed by atoms with E-state index in [4.69, 9.17) is 4.74 Å². The number of carbonyl (C=O) groups excluding carboxylic acids is 3. The smallest absolute Gasteiger partial charge is 0.306 e. The Bertz CT molecular complexity index is 656. The quantitative estimate of drug-likeness (QED) is 0.630. The number of nitrogens with one attached hydrogen (secondary N) is 1. The number of hydrogen-bond acceptors (Lipinski definition) is 4. The lowest BCUT2D eigenvalue weighted by Gasteiger charge is -2.04. The van der Waals surface area contributed by atoms with E-state index in [2.05, 4.69) is 4.98 Å². The van der Waals surface area contributed by atoms with Crippen LogP contribution in [0.25, 0.3) is 0 Å². The van der Waals surface area contributed by atoms with E-state index in [1.165, 1.54) is 0 Å². The molecule has 0 aliphatic heterocycles. The van der Waals surface area contributed by atoms with Crippen molar-refractivity contribution < 1.29 is 19.1 Å². The van der Waals surface area contributed by atoms with Gasteiger partial charge in [-0.3, -0.25) is 14.4 Å². The lowest BCUT2D eigenvalue weighted by molar-refractivity contribution is -0.142. The van der Waals surface area contributed by atoms with Crippen molar-refractivity contribution in [2.24, 2.45) is 0 Å². The van der Waals surface area contributed by atoms with Gasteiger partial charge in [0, 0.05) is 18.2 Å². The highest BCUT2D eigenvalue weighted by atomic mass is 16.5. The molecule has 0 aliphatic rings. The predicted molar refractivity (Wildman–Crippen MR) is 80.8 cm³/mol. The second-order valence-electron chi connectivity index (χ2n) is 4.96. The highest BCUT2D eigenvalue weighted by molar-refractivity contribution is 5.98. The standard InChI is InChI=1S/C17H17NO4/c1-12-4-6-13(7-5-12)15(19)8-9-17(21)22-11-16(20)14-3-2-10-18-14/h2-7,10,18H,8-9,11H2,1H3. The van der Waals surface area contributed by atoms with Crippen LogP contribution in [-0.4, -0.2) is 29.1 Å². The summed E-state index contributed by atoms with van der Waals surface area (Å²) in [5.41, 5.74) is 2.03. The molecule has 0 amide bonds. The zero-order chi connectivity index (χ0) is 15.9. The Balaban J connectivity index is 1.74. The van der Waals surface area contributed by atoms with E-state index in [1.807, 2.05) is 19.1 Å². The van der Waals surface area contributed by atoms with Crippen molar-refractivity contribution in [3.63, 3.8) is 0 Å². The first kappa shape index (κ1) is 15.7. The predicted octanol–water partition coefficient (Wildman–Crippen LogP) is 2.71. The Morgan fingerprint density at radius 3 is 2.36 bits per heavy atom. The van der Waals surface area contributed by atoms with Gasteiger partial charge >= 0.3 is 5.97 Å². The van der Waals surface area contributed by atoms with Gasteiger partial charge in [0.05, 0.1) is 12.1 Å². The summed E-state index contributed by atoms with van der Waals surface area (Å²) in [7, 11) is 0. The minimum Gasteiger partial charge on any atom is -0.457 e. The molecule has 5 heteroatoms. The lowest BCUT2D eigenvalue weighted by atomic mass is 10.1. The molecule has 0 saturated carbocycles. The molecule has 114 valence electrons. The molecule has 1 aromatic heterocycles. The molecule has 0 fully saturated rings. The normalized spacial score (nSPS) is 10.2. The summed E-state index contributed by atoms with van der Waals surface area (Å²) in [6.07, 6.45) is 1.65. The molecule has 0 radical (unpaired) electrons. The summed E-state index contributed by atoms with van der Waals surface area (Å²) < 4.78 is 4.87.